The molecular formula is C23H23ClFN3O4. The standard InChI is InChI=1S/C23H23ClFN3O4/c1-31-22-13-17(12-21(24)23(22)32-15-16-2-4-18(25)5-3-16)14-26-10-11-27-19-6-8-20(9-7-19)28(29)30/h2-9,12-13,26-27H,10-11,14-15H2,1H3. The van der Waals surface area contributed by atoms with Crippen molar-refractivity contribution in [3.8, 4) is 11.5 Å². The van der Waals surface area contributed by atoms with E-state index in [0.717, 1.165) is 16.8 Å². The lowest BCUT2D eigenvalue weighted by molar-refractivity contribution is -0.384. The van der Waals surface area contributed by atoms with Crippen LogP contribution in [0.5, 0.6) is 11.5 Å². The Bertz CT molecular complexity index is 1050. The van der Waals surface area contributed by atoms with Gasteiger partial charge in [-0.1, -0.05) is 23.7 Å². The van der Waals surface area contributed by atoms with Gasteiger partial charge in [0.05, 0.1) is 17.1 Å². The number of nitrogens with zero attached hydrogens (tertiary/aromatic N) is 1. The molecule has 0 bridgehead atoms. The molecule has 3 aromatic carbocycles. The van der Waals surface area contributed by atoms with Gasteiger partial charge in [-0.25, -0.2) is 4.39 Å². The maximum atomic E-state index is 13.0. The van der Waals surface area contributed by atoms with Crippen molar-refractivity contribution in [1.82, 2.24) is 5.32 Å². The summed E-state index contributed by atoms with van der Waals surface area (Å²) in [5, 5.41) is 17.6. The second kappa shape index (κ2) is 11.3. The topological polar surface area (TPSA) is 85.7 Å². The Labute approximate surface area is 190 Å². The summed E-state index contributed by atoms with van der Waals surface area (Å²) in [5.41, 5.74) is 2.61. The lowest BCUT2D eigenvalue weighted by Crippen LogP contribution is -2.21. The number of hydrogen-bond acceptors (Lipinski definition) is 6. The Balaban J connectivity index is 1.49. The largest absolute Gasteiger partial charge is 0.493 e. The van der Waals surface area contributed by atoms with Gasteiger partial charge < -0.3 is 20.1 Å². The first kappa shape index (κ1) is 23.3. The molecule has 0 fully saturated rings. The molecule has 0 radical (unpaired) electrons. The number of rotatable bonds is 11. The van der Waals surface area contributed by atoms with Crippen LogP contribution in [0, 0.1) is 15.9 Å². The molecular weight excluding hydrogens is 437 g/mol. The fourth-order valence-electron chi connectivity index (χ4n) is 2.98. The van der Waals surface area contributed by atoms with Gasteiger partial charge in [0.1, 0.15) is 12.4 Å². The average Bonchev–Trinajstić information content (AvgIpc) is 2.79. The summed E-state index contributed by atoms with van der Waals surface area (Å²) in [6.07, 6.45) is 0. The molecule has 3 rings (SSSR count). The van der Waals surface area contributed by atoms with Gasteiger partial charge in [0.25, 0.3) is 5.69 Å². The molecule has 0 aliphatic rings. The first-order valence-corrected chi connectivity index (χ1v) is 10.3. The number of ether oxygens (including phenoxy) is 2. The maximum Gasteiger partial charge on any atom is 0.269 e. The van der Waals surface area contributed by atoms with Gasteiger partial charge in [0, 0.05) is 37.5 Å². The Morgan fingerprint density at radius 3 is 2.41 bits per heavy atom. The van der Waals surface area contributed by atoms with Crippen LogP contribution in [0.2, 0.25) is 5.02 Å². The Morgan fingerprint density at radius 2 is 1.75 bits per heavy atom. The number of non-ortho nitro benzene ring substituents is 1. The monoisotopic (exact) mass is 459 g/mol. The van der Waals surface area contributed by atoms with Crippen molar-refractivity contribution in [1.29, 1.82) is 0 Å². The van der Waals surface area contributed by atoms with E-state index in [0.29, 0.717) is 36.2 Å². The molecule has 0 spiro atoms. The van der Waals surface area contributed by atoms with E-state index in [1.165, 1.54) is 24.3 Å². The molecule has 0 heterocycles. The van der Waals surface area contributed by atoms with E-state index in [1.54, 1.807) is 37.4 Å². The molecule has 0 aromatic heterocycles. The average molecular weight is 460 g/mol. The van der Waals surface area contributed by atoms with Crippen molar-refractivity contribution >= 4 is 23.0 Å². The number of methoxy groups -OCH3 is 1. The minimum absolute atomic E-state index is 0.0598. The van der Waals surface area contributed by atoms with Crippen LogP contribution in [0.4, 0.5) is 15.8 Å². The number of benzene rings is 3. The van der Waals surface area contributed by atoms with E-state index in [1.807, 2.05) is 6.07 Å². The number of anilines is 1. The van der Waals surface area contributed by atoms with E-state index in [4.69, 9.17) is 21.1 Å². The highest BCUT2D eigenvalue weighted by atomic mass is 35.5. The van der Waals surface area contributed by atoms with Crippen LogP contribution < -0.4 is 20.1 Å². The fraction of sp³-hybridized carbons (Fsp3) is 0.217. The third-order valence-corrected chi connectivity index (χ3v) is 4.90. The second-order valence-electron chi connectivity index (χ2n) is 6.93. The minimum atomic E-state index is -0.427. The van der Waals surface area contributed by atoms with Crippen molar-refractivity contribution in [3.05, 3.63) is 92.7 Å². The molecule has 168 valence electrons. The van der Waals surface area contributed by atoms with Gasteiger partial charge in [0.2, 0.25) is 0 Å². The normalized spacial score (nSPS) is 10.6. The molecule has 0 amide bonds. The zero-order valence-electron chi connectivity index (χ0n) is 17.4. The molecule has 0 aliphatic carbocycles. The lowest BCUT2D eigenvalue weighted by Gasteiger charge is -2.15. The zero-order chi connectivity index (χ0) is 22.9. The molecule has 0 saturated carbocycles. The zero-order valence-corrected chi connectivity index (χ0v) is 18.2. The predicted octanol–water partition coefficient (Wildman–Crippen LogP) is 5.18. The highest BCUT2D eigenvalue weighted by Crippen LogP contribution is 2.37. The van der Waals surface area contributed by atoms with Gasteiger partial charge in [0.15, 0.2) is 11.5 Å². The summed E-state index contributed by atoms with van der Waals surface area (Å²) in [4.78, 5) is 10.3. The maximum absolute atomic E-state index is 13.0. The Morgan fingerprint density at radius 1 is 1.03 bits per heavy atom. The van der Waals surface area contributed by atoms with Gasteiger partial charge in [-0.2, -0.15) is 0 Å². The molecule has 0 atom stereocenters. The number of halogens is 2. The molecule has 0 aliphatic heterocycles. The Kier molecular flexibility index (Phi) is 8.24. The molecule has 0 saturated heterocycles. The van der Waals surface area contributed by atoms with Crippen LogP contribution in [0.3, 0.4) is 0 Å². The van der Waals surface area contributed by atoms with Crippen LogP contribution in [0.15, 0.2) is 60.7 Å². The van der Waals surface area contributed by atoms with Crippen LogP contribution in [0.1, 0.15) is 11.1 Å². The van der Waals surface area contributed by atoms with Gasteiger partial charge in [-0.05, 0) is 47.5 Å². The molecule has 32 heavy (non-hydrogen) atoms. The van der Waals surface area contributed by atoms with Gasteiger partial charge in [-0.3, -0.25) is 10.1 Å². The Hall–Kier alpha value is -3.36. The van der Waals surface area contributed by atoms with E-state index in [9.17, 15) is 14.5 Å². The third-order valence-electron chi connectivity index (χ3n) is 4.62. The fourth-order valence-corrected chi connectivity index (χ4v) is 3.27. The number of nitro benzene ring substituents is 1. The smallest absolute Gasteiger partial charge is 0.269 e. The summed E-state index contributed by atoms with van der Waals surface area (Å²) in [7, 11) is 1.54. The molecule has 2 N–H and O–H groups in total. The highest BCUT2D eigenvalue weighted by molar-refractivity contribution is 6.32. The first-order valence-electron chi connectivity index (χ1n) is 9.89. The third kappa shape index (κ3) is 6.57. The van der Waals surface area contributed by atoms with Gasteiger partial charge in [-0.15, -0.1) is 0 Å². The van der Waals surface area contributed by atoms with E-state index in [2.05, 4.69) is 10.6 Å². The summed E-state index contributed by atoms with van der Waals surface area (Å²) in [6.45, 7) is 2.11. The van der Waals surface area contributed by atoms with E-state index in [-0.39, 0.29) is 18.1 Å². The first-order chi connectivity index (χ1) is 15.5. The van der Waals surface area contributed by atoms with E-state index < -0.39 is 4.92 Å². The van der Waals surface area contributed by atoms with Crippen molar-refractivity contribution in [2.45, 2.75) is 13.2 Å². The van der Waals surface area contributed by atoms with Crippen LogP contribution in [0.25, 0.3) is 0 Å². The number of hydrogen-bond donors (Lipinski definition) is 2. The summed E-state index contributed by atoms with van der Waals surface area (Å²) in [6, 6.07) is 16.0. The highest BCUT2D eigenvalue weighted by Gasteiger charge is 2.12. The van der Waals surface area contributed by atoms with Crippen molar-refractivity contribution in [3.63, 3.8) is 0 Å². The quantitative estimate of drug-likeness (QED) is 0.233. The molecule has 3 aromatic rings. The van der Waals surface area contributed by atoms with E-state index >= 15 is 0 Å². The van der Waals surface area contributed by atoms with Gasteiger partial charge >= 0.3 is 0 Å². The number of nitro groups is 1. The van der Waals surface area contributed by atoms with Crippen molar-refractivity contribution < 1.29 is 18.8 Å². The molecule has 7 nitrogen and oxygen atoms in total. The second-order valence-corrected chi connectivity index (χ2v) is 7.34. The van der Waals surface area contributed by atoms with Crippen LogP contribution >= 0.6 is 11.6 Å². The summed E-state index contributed by atoms with van der Waals surface area (Å²) >= 11 is 6.41. The summed E-state index contributed by atoms with van der Waals surface area (Å²) in [5.74, 6) is 0.645. The van der Waals surface area contributed by atoms with Crippen LogP contribution in [-0.2, 0) is 13.2 Å². The SMILES string of the molecule is COc1cc(CNCCNc2ccc([N+](=O)[O-])cc2)cc(Cl)c1OCc1ccc(F)cc1. The number of nitrogens with one attached hydrogen (secondary N) is 2. The summed E-state index contributed by atoms with van der Waals surface area (Å²) < 4.78 is 24.3. The molecule has 9 heteroatoms. The van der Waals surface area contributed by atoms with Crippen LogP contribution in [-0.4, -0.2) is 25.1 Å². The predicted molar refractivity (Wildman–Crippen MR) is 122 cm³/mol. The minimum Gasteiger partial charge on any atom is -0.493 e. The van der Waals surface area contributed by atoms with Crippen molar-refractivity contribution in [2.75, 3.05) is 25.5 Å². The van der Waals surface area contributed by atoms with Crippen molar-refractivity contribution in [2.24, 2.45) is 0 Å². The lowest BCUT2D eigenvalue weighted by atomic mass is 10.2. The molecule has 0 unspecified atom stereocenters.